The number of nitrogens with one attached hydrogen (secondary N) is 2. The minimum Gasteiger partial charge on any atom is -0.384 e. The van der Waals surface area contributed by atoms with Gasteiger partial charge < -0.3 is 10.6 Å². The summed E-state index contributed by atoms with van der Waals surface area (Å²) in [6, 6.07) is 2.25. The van der Waals surface area contributed by atoms with E-state index in [9.17, 15) is 4.79 Å². The molecule has 0 aliphatic heterocycles. The summed E-state index contributed by atoms with van der Waals surface area (Å²) < 4.78 is 0. The molecule has 1 aromatic heterocycles. The normalized spacial score (nSPS) is 14.4. The van der Waals surface area contributed by atoms with Crippen LogP contribution in [0.5, 0.6) is 0 Å². The molecule has 0 radical (unpaired) electrons. The van der Waals surface area contributed by atoms with E-state index in [4.69, 9.17) is 0 Å². The first-order valence-electron chi connectivity index (χ1n) is 6.29. The fourth-order valence-corrected chi connectivity index (χ4v) is 1.57. The number of amides is 1. The number of hydrogen-bond acceptors (Lipinski definition) is 3. The second-order valence-corrected chi connectivity index (χ2v) is 4.49. The van der Waals surface area contributed by atoms with Gasteiger partial charge in [0, 0.05) is 25.0 Å². The van der Waals surface area contributed by atoms with Gasteiger partial charge in [-0.2, -0.15) is 0 Å². The van der Waals surface area contributed by atoms with Crippen molar-refractivity contribution in [2.75, 3.05) is 11.9 Å². The molecule has 92 valence electrons. The van der Waals surface area contributed by atoms with E-state index in [1.807, 2.05) is 6.07 Å². The van der Waals surface area contributed by atoms with Crippen molar-refractivity contribution < 1.29 is 4.79 Å². The number of pyridine rings is 1. The van der Waals surface area contributed by atoms with Gasteiger partial charge in [0.15, 0.2) is 0 Å². The number of aromatic nitrogens is 1. The highest BCUT2D eigenvalue weighted by molar-refractivity contribution is 5.95. The highest BCUT2D eigenvalue weighted by Crippen LogP contribution is 2.19. The summed E-state index contributed by atoms with van der Waals surface area (Å²) in [6.45, 7) is 3.07. The molecule has 1 aromatic rings. The van der Waals surface area contributed by atoms with Crippen LogP contribution in [0, 0.1) is 0 Å². The lowest BCUT2D eigenvalue weighted by Gasteiger charge is -2.07. The monoisotopic (exact) mass is 233 g/mol. The van der Waals surface area contributed by atoms with Gasteiger partial charge in [-0.05, 0) is 25.3 Å². The molecule has 4 nitrogen and oxygen atoms in total. The summed E-state index contributed by atoms with van der Waals surface area (Å²) in [6.07, 6.45) is 7.86. The van der Waals surface area contributed by atoms with E-state index in [0.29, 0.717) is 11.6 Å². The van der Waals surface area contributed by atoms with E-state index in [2.05, 4.69) is 22.5 Å². The topological polar surface area (TPSA) is 54.0 Å². The Bertz CT molecular complexity index is 388. The minimum absolute atomic E-state index is 0.0147. The minimum atomic E-state index is -0.0147. The van der Waals surface area contributed by atoms with E-state index >= 15 is 0 Å². The molecule has 4 heteroatoms. The number of anilines is 1. The Morgan fingerprint density at radius 1 is 1.47 bits per heavy atom. The Hall–Kier alpha value is -1.58. The predicted molar refractivity (Wildman–Crippen MR) is 68.1 cm³/mol. The molecule has 0 unspecified atom stereocenters. The van der Waals surface area contributed by atoms with E-state index in [1.54, 1.807) is 12.4 Å². The molecular formula is C13H19N3O. The number of rotatable bonds is 6. The van der Waals surface area contributed by atoms with Crippen molar-refractivity contribution >= 4 is 11.6 Å². The number of carbonyl (C=O) groups excluding carboxylic acids is 1. The summed E-state index contributed by atoms with van der Waals surface area (Å²) >= 11 is 0. The van der Waals surface area contributed by atoms with Gasteiger partial charge in [0.2, 0.25) is 0 Å². The third-order valence-electron chi connectivity index (χ3n) is 2.77. The average molecular weight is 233 g/mol. The van der Waals surface area contributed by atoms with Crippen molar-refractivity contribution in [3.05, 3.63) is 24.0 Å². The molecule has 1 aliphatic carbocycles. The van der Waals surface area contributed by atoms with E-state index < -0.39 is 0 Å². The second kappa shape index (κ2) is 5.66. The van der Waals surface area contributed by atoms with Gasteiger partial charge in [-0.25, -0.2) is 0 Å². The molecule has 1 saturated carbocycles. The molecule has 17 heavy (non-hydrogen) atoms. The molecular weight excluding hydrogens is 214 g/mol. The van der Waals surface area contributed by atoms with Gasteiger partial charge in [-0.3, -0.25) is 9.78 Å². The van der Waals surface area contributed by atoms with Gasteiger partial charge in [-0.1, -0.05) is 13.3 Å². The zero-order chi connectivity index (χ0) is 12.1. The summed E-state index contributed by atoms with van der Waals surface area (Å²) in [7, 11) is 0. The van der Waals surface area contributed by atoms with Crippen molar-refractivity contribution in [1.82, 2.24) is 10.3 Å². The lowest BCUT2D eigenvalue weighted by atomic mass is 10.2. The summed E-state index contributed by atoms with van der Waals surface area (Å²) in [5, 5.41) is 6.23. The maximum atomic E-state index is 11.8. The van der Waals surface area contributed by atoms with Gasteiger partial charge in [0.1, 0.15) is 0 Å². The summed E-state index contributed by atoms with van der Waals surface area (Å²) in [5.74, 6) is -0.0147. The fraction of sp³-hybridized carbons (Fsp3) is 0.538. The largest absolute Gasteiger partial charge is 0.384 e. The Balaban J connectivity index is 1.92. The molecule has 1 amide bonds. The first-order valence-corrected chi connectivity index (χ1v) is 6.29. The molecule has 0 saturated heterocycles. The summed E-state index contributed by atoms with van der Waals surface area (Å²) in [5.41, 5.74) is 1.56. The van der Waals surface area contributed by atoms with E-state index in [1.165, 1.54) is 0 Å². The van der Waals surface area contributed by atoms with Gasteiger partial charge in [0.25, 0.3) is 5.91 Å². The zero-order valence-corrected chi connectivity index (χ0v) is 10.2. The first-order chi connectivity index (χ1) is 8.29. The van der Waals surface area contributed by atoms with Gasteiger partial charge >= 0.3 is 0 Å². The Morgan fingerprint density at radius 2 is 2.29 bits per heavy atom. The van der Waals surface area contributed by atoms with Crippen LogP contribution >= 0.6 is 0 Å². The number of unbranched alkanes of at least 4 members (excludes halogenated alkanes) is 1. The number of nitrogens with zero attached hydrogens (tertiary/aromatic N) is 1. The fourth-order valence-electron chi connectivity index (χ4n) is 1.57. The zero-order valence-electron chi connectivity index (χ0n) is 10.2. The lowest BCUT2D eigenvalue weighted by Crippen LogP contribution is -2.25. The highest BCUT2D eigenvalue weighted by Gasteiger charge is 2.23. The Labute approximate surface area is 102 Å². The van der Waals surface area contributed by atoms with Crippen LogP contribution < -0.4 is 10.6 Å². The predicted octanol–water partition coefficient (Wildman–Crippen LogP) is 2.19. The maximum Gasteiger partial charge on any atom is 0.253 e. The van der Waals surface area contributed by atoms with Crippen LogP contribution in [-0.2, 0) is 0 Å². The van der Waals surface area contributed by atoms with Crippen molar-refractivity contribution in [2.24, 2.45) is 0 Å². The molecule has 1 aliphatic rings. The maximum absolute atomic E-state index is 11.8. The SMILES string of the molecule is CCCCNc1cncc(C(=O)NC2CC2)c1. The van der Waals surface area contributed by atoms with Crippen molar-refractivity contribution in [3.63, 3.8) is 0 Å². The van der Waals surface area contributed by atoms with Gasteiger partial charge in [-0.15, -0.1) is 0 Å². The standard InChI is InChI=1S/C13H19N3O/c1-2-3-6-15-12-7-10(8-14-9-12)13(17)16-11-4-5-11/h7-9,11,15H,2-6H2,1H3,(H,16,17). The third-order valence-corrected chi connectivity index (χ3v) is 2.77. The molecule has 2 N–H and O–H groups in total. The first kappa shape index (κ1) is 11.9. The smallest absolute Gasteiger partial charge is 0.253 e. The average Bonchev–Trinajstić information content (AvgIpc) is 3.14. The highest BCUT2D eigenvalue weighted by atomic mass is 16.1. The Kier molecular flexibility index (Phi) is 3.96. The van der Waals surface area contributed by atoms with Crippen LogP contribution in [0.25, 0.3) is 0 Å². The van der Waals surface area contributed by atoms with Crippen LogP contribution in [0.2, 0.25) is 0 Å². The van der Waals surface area contributed by atoms with Gasteiger partial charge in [0.05, 0.1) is 11.3 Å². The second-order valence-electron chi connectivity index (χ2n) is 4.49. The van der Waals surface area contributed by atoms with Crippen LogP contribution in [0.1, 0.15) is 43.0 Å². The van der Waals surface area contributed by atoms with Crippen molar-refractivity contribution in [3.8, 4) is 0 Å². The molecule has 0 atom stereocenters. The lowest BCUT2D eigenvalue weighted by molar-refractivity contribution is 0.0951. The molecule has 0 spiro atoms. The van der Waals surface area contributed by atoms with E-state index in [-0.39, 0.29) is 5.91 Å². The van der Waals surface area contributed by atoms with E-state index in [0.717, 1.165) is 37.9 Å². The van der Waals surface area contributed by atoms with Crippen LogP contribution in [0.4, 0.5) is 5.69 Å². The molecule has 0 aromatic carbocycles. The molecule has 2 rings (SSSR count). The molecule has 1 heterocycles. The quantitative estimate of drug-likeness (QED) is 0.740. The van der Waals surface area contributed by atoms with Crippen molar-refractivity contribution in [2.45, 2.75) is 38.6 Å². The van der Waals surface area contributed by atoms with Crippen LogP contribution in [0.15, 0.2) is 18.5 Å². The van der Waals surface area contributed by atoms with Crippen molar-refractivity contribution in [1.29, 1.82) is 0 Å². The Morgan fingerprint density at radius 3 is 3.00 bits per heavy atom. The summed E-state index contributed by atoms with van der Waals surface area (Å²) in [4.78, 5) is 15.9. The molecule has 0 bridgehead atoms. The number of carbonyl (C=O) groups is 1. The van der Waals surface area contributed by atoms with Crippen LogP contribution in [0.3, 0.4) is 0 Å². The molecule has 1 fully saturated rings. The third kappa shape index (κ3) is 3.73. The van der Waals surface area contributed by atoms with Crippen LogP contribution in [-0.4, -0.2) is 23.5 Å². The number of hydrogen-bond donors (Lipinski definition) is 2.